The number of hydrogen-bond acceptors (Lipinski definition) is 3. The zero-order chi connectivity index (χ0) is 22.1. The van der Waals surface area contributed by atoms with E-state index in [1.165, 1.54) is 5.56 Å². The van der Waals surface area contributed by atoms with Crippen molar-refractivity contribution in [1.29, 1.82) is 0 Å². The van der Waals surface area contributed by atoms with Crippen LogP contribution in [0.25, 0.3) is 16.7 Å². The first kappa shape index (κ1) is 19.8. The van der Waals surface area contributed by atoms with Gasteiger partial charge in [0.1, 0.15) is 5.52 Å². The van der Waals surface area contributed by atoms with Crippen molar-refractivity contribution < 1.29 is 4.79 Å². The van der Waals surface area contributed by atoms with Crippen molar-refractivity contribution in [2.75, 3.05) is 5.32 Å². The van der Waals surface area contributed by atoms with Crippen molar-refractivity contribution in [3.63, 3.8) is 0 Å². The first-order chi connectivity index (χ1) is 15.6. The lowest BCUT2D eigenvalue weighted by Crippen LogP contribution is -2.24. The second-order valence-corrected chi connectivity index (χ2v) is 7.71. The Balaban J connectivity index is 1.42. The molecule has 0 radical (unpaired) electrons. The zero-order valence-electron chi connectivity index (χ0n) is 17.7. The Hall–Kier alpha value is -4.19. The highest BCUT2D eigenvalue weighted by Crippen LogP contribution is 2.16. The molecule has 0 aliphatic carbocycles. The summed E-state index contributed by atoms with van der Waals surface area (Å²) < 4.78 is 3.54. The molecule has 2 aromatic carbocycles. The topological polar surface area (TPSA) is 68.4 Å². The van der Waals surface area contributed by atoms with Gasteiger partial charge in [-0.2, -0.15) is 0 Å². The van der Waals surface area contributed by atoms with Gasteiger partial charge in [0.05, 0.1) is 12.1 Å². The number of anilines is 1. The third kappa shape index (κ3) is 3.56. The molecule has 3 aromatic heterocycles. The highest BCUT2D eigenvalue weighted by molar-refractivity contribution is 6.04. The highest BCUT2D eigenvalue weighted by atomic mass is 16.1. The summed E-state index contributed by atoms with van der Waals surface area (Å²) in [5, 5.41) is 2.95. The standard InChI is InChI=1S/C26H22N4O2/c1-2-18-6-3-7-21(16-18)28-25(31)20-12-10-19(11-13-20)17-30-24-22(8-4-14-27-24)29-15-5-9-23(29)26(30)32/h3-16H,2,17H2,1H3,(H,28,31). The Bertz CT molecular complexity index is 1500. The van der Waals surface area contributed by atoms with E-state index in [1.54, 1.807) is 22.9 Å². The maximum absolute atomic E-state index is 13.1. The van der Waals surface area contributed by atoms with Crippen molar-refractivity contribution in [3.8, 4) is 0 Å². The molecule has 0 aliphatic heterocycles. The normalized spacial score (nSPS) is 11.2. The lowest BCUT2D eigenvalue weighted by atomic mass is 10.1. The van der Waals surface area contributed by atoms with Crippen LogP contribution in [0.5, 0.6) is 0 Å². The fraction of sp³-hybridized carbons (Fsp3) is 0.115. The number of nitrogens with one attached hydrogen (secondary N) is 1. The van der Waals surface area contributed by atoms with E-state index in [1.807, 2.05) is 71.3 Å². The van der Waals surface area contributed by atoms with E-state index in [0.717, 1.165) is 23.2 Å². The van der Waals surface area contributed by atoms with Gasteiger partial charge in [0, 0.05) is 23.6 Å². The molecular formula is C26H22N4O2. The molecular weight excluding hydrogens is 400 g/mol. The minimum absolute atomic E-state index is 0.0983. The number of nitrogens with zero attached hydrogens (tertiary/aromatic N) is 3. The number of hydrogen-bond donors (Lipinski definition) is 1. The molecule has 0 atom stereocenters. The van der Waals surface area contributed by atoms with E-state index >= 15 is 0 Å². The monoisotopic (exact) mass is 422 g/mol. The van der Waals surface area contributed by atoms with E-state index < -0.39 is 0 Å². The third-order valence-corrected chi connectivity index (χ3v) is 5.64. The van der Waals surface area contributed by atoms with Crippen LogP contribution in [0, 0.1) is 0 Å². The van der Waals surface area contributed by atoms with Crippen LogP contribution in [0.2, 0.25) is 0 Å². The number of carbonyl (C=O) groups is 1. The number of benzene rings is 2. The summed E-state index contributed by atoms with van der Waals surface area (Å²) in [4.78, 5) is 30.2. The van der Waals surface area contributed by atoms with Crippen LogP contribution in [0.4, 0.5) is 5.69 Å². The zero-order valence-corrected chi connectivity index (χ0v) is 17.7. The van der Waals surface area contributed by atoms with Gasteiger partial charge in [-0.25, -0.2) is 4.98 Å². The van der Waals surface area contributed by atoms with Gasteiger partial charge >= 0.3 is 0 Å². The second-order valence-electron chi connectivity index (χ2n) is 7.71. The summed E-state index contributed by atoms with van der Waals surface area (Å²) in [5.41, 5.74) is 5.44. The van der Waals surface area contributed by atoms with E-state index in [9.17, 15) is 9.59 Å². The molecule has 5 aromatic rings. The molecule has 1 N–H and O–H groups in total. The highest BCUT2D eigenvalue weighted by Gasteiger charge is 2.12. The molecule has 1 amide bonds. The number of aryl methyl sites for hydroxylation is 1. The van der Waals surface area contributed by atoms with Crippen LogP contribution in [-0.2, 0) is 13.0 Å². The van der Waals surface area contributed by atoms with Crippen LogP contribution in [-0.4, -0.2) is 19.9 Å². The average Bonchev–Trinajstić information content (AvgIpc) is 3.33. The number of fused-ring (bicyclic) bond motifs is 3. The van der Waals surface area contributed by atoms with Crippen LogP contribution in [0.3, 0.4) is 0 Å². The lowest BCUT2D eigenvalue weighted by molar-refractivity contribution is 0.102. The second kappa shape index (κ2) is 8.15. The number of carbonyl (C=O) groups excluding carboxylic acids is 1. The van der Waals surface area contributed by atoms with E-state index in [2.05, 4.69) is 17.2 Å². The molecule has 0 saturated carbocycles. The average molecular weight is 422 g/mol. The van der Waals surface area contributed by atoms with Crippen molar-refractivity contribution in [2.24, 2.45) is 0 Å². The first-order valence-electron chi connectivity index (χ1n) is 10.6. The number of aromatic nitrogens is 3. The summed E-state index contributed by atoms with van der Waals surface area (Å²) in [6.45, 7) is 2.45. The summed E-state index contributed by atoms with van der Waals surface area (Å²) in [6.07, 6.45) is 4.47. The van der Waals surface area contributed by atoms with Gasteiger partial charge in [0.25, 0.3) is 11.5 Å². The van der Waals surface area contributed by atoms with Gasteiger partial charge in [-0.1, -0.05) is 31.2 Å². The fourth-order valence-electron chi connectivity index (χ4n) is 3.95. The van der Waals surface area contributed by atoms with Gasteiger partial charge in [0.2, 0.25) is 0 Å². The molecule has 0 fully saturated rings. The maximum atomic E-state index is 13.1. The van der Waals surface area contributed by atoms with Crippen LogP contribution in [0.15, 0.2) is 90.0 Å². The van der Waals surface area contributed by atoms with Gasteiger partial charge in [-0.05, 0) is 66.1 Å². The van der Waals surface area contributed by atoms with E-state index in [-0.39, 0.29) is 11.5 Å². The van der Waals surface area contributed by atoms with Crippen molar-refractivity contribution in [2.45, 2.75) is 19.9 Å². The quantitative estimate of drug-likeness (QED) is 0.453. The molecule has 3 heterocycles. The first-order valence-corrected chi connectivity index (χ1v) is 10.6. The molecule has 0 spiro atoms. The minimum Gasteiger partial charge on any atom is -0.322 e. The largest absolute Gasteiger partial charge is 0.322 e. The van der Waals surface area contributed by atoms with Crippen LogP contribution < -0.4 is 10.9 Å². The van der Waals surface area contributed by atoms with Gasteiger partial charge < -0.3 is 9.72 Å². The van der Waals surface area contributed by atoms with Gasteiger partial charge in [-0.3, -0.25) is 14.2 Å². The third-order valence-electron chi connectivity index (χ3n) is 5.64. The molecule has 0 bridgehead atoms. The van der Waals surface area contributed by atoms with Crippen LogP contribution >= 0.6 is 0 Å². The molecule has 0 aliphatic rings. The van der Waals surface area contributed by atoms with Gasteiger partial charge in [-0.15, -0.1) is 0 Å². The molecule has 0 unspecified atom stereocenters. The number of pyridine rings is 1. The maximum Gasteiger partial charge on any atom is 0.276 e. The predicted molar refractivity (Wildman–Crippen MR) is 126 cm³/mol. The predicted octanol–water partition coefficient (Wildman–Crippen LogP) is 4.51. The Morgan fingerprint density at radius 3 is 2.56 bits per heavy atom. The van der Waals surface area contributed by atoms with E-state index in [0.29, 0.717) is 23.3 Å². The Labute approximate surface area is 184 Å². The Kier molecular flexibility index (Phi) is 5.03. The summed E-state index contributed by atoms with van der Waals surface area (Å²) in [6, 6.07) is 22.6. The minimum atomic E-state index is -0.163. The molecule has 6 nitrogen and oxygen atoms in total. The summed E-state index contributed by atoms with van der Waals surface area (Å²) in [7, 11) is 0. The van der Waals surface area contributed by atoms with Gasteiger partial charge in [0.15, 0.2) is 5.65 Å². The molecule has 32 heavy (non-hydrogen) atoms. The van der Waals surface area contributed by atoms with Crippen LogP contribution in [0.1, 0.15) is 28.4 Å². The summed E-state index contributed by atoms with van der Waals surface area (Å²) in [5.74, 6) is -0.163. The molecule has 6 heteroatoms. The van der Waals surface area contributed by atoms with Crippen molar-refractivity contribution in [1.82, 2.24) is 14.0 Å². The SMILES string of the molecule is CCc1cccc(NC(=O)c2ccc(Cn3c(=O)c4cccn4c4cccnc43)cc2)c1. The number of amides is 1. The summed E-state index contributed by atoms with van der Waals surface area (Å²) >= 11 is 0. The number of rotatable bonds is 5. The Morgan fingerprint density at radius 2 is 1.75 bits per heavy atom. The lowest BCUT2D eigenvalue weighted by Gasteiger charge is -2.12. The molecule has 158 valence electrons. The molecule has 0 saturated heterocycles. The van der Waals surface area contributed by atoms with Crippen molar-refractivity contribution in [3.05, 3.63) is 112 Å². The molecule has 5 rings (SSSR count). The van der Waals surface area contributed by atoms with E-state index in [4.69, 9.17) is 0 Å². The fourth-order valence-corrected chi connectivity index (χ4v) is 3.95. The van der Waals surface area contributed by atoms with Crippen molar-refractivity contribution >= 4 is 28.3 Å². The smallest absolute Gasteiger partial charge is 0.276 e. The Morgan fingerprint density at radius 1 is 0.938 bits per heavy atom.